The largest absolute Gasteiger partial charge is 0.454 e. The van der Waals surface area contributed by atoms with Gasteiger partial charge in [-0.3, -0.25) is 0 Å². The van der Waals surface area contributed by atoms with E-state index >= 15 is 0 Å². The summed E-state index contributed by atoms with van der Waals surface area (Å²) in [6.07, 6.45) is 0. The van der Waals surface area contributed by atoms with Crippen molar-refractivity contribution in [2.45, 2.75) is 13.5 Å². The standard InChI is InChI=1S/C15H13BrClNO2/c1-9-2-11(16)6-12(3-9)18-7-10-4-13(17)15-14(5-10)19-8-20-15/h2-6,18H,7-8H2,1H3. The lowest BCUT2D eigenvalue weighted by Gasteiger charge is -2.09. The molecule has 2 aromatic carbocycles. The van der Waals surface area contributed by atoms with Crippen molar-refractivity contribution in [3.63, 3.8) is 0 Å². The van der Waals surface area contributed by atoms with E-state index in [0.29, 0.717) is 23.1 Å². The number of benzene rings is 2. The average Bonchev–Trinajstić information content (AvgIpc) is 2.84. The highest BCUT2D eigenvalue weighted by molar-refractivity contribution is 9.10. The molecule has 0 bridgehead atoms. The van der Waals surface area contributed by atoms with Crippen LogP contribution in [0.4, 0.5) is 5.69 Å². The van der Waals surface area contributed by atoms with E-state index in [0.717, 1.165) is 15.7 Å². The van der Waals surface area contributed by atoms with Crippen molar-refractivity contribution in [3.05, 3.63) is 51.0 Å². The fraction of sp³-hybridized carbons (Fsp3) is 0.200. The summed E-state index contributed by atoms with van der Waals surface area (Å²) < 4.78 is 11.7. The van der Waals surface area contributed by atoms with Gasteiger partial charge in [0.05, 0.1) is 5.02 Å². The number of nitrogens with one attached hydrogen (secondary N) is 1. The summed E-state index contributed by atoms with van der Waals surface area (Å²) in [6.45, 7) is 2.97. The second-order valence-corrected chi connectivity index (χ2v) is 6.01. The van der Waals surface area contributed by atoms with Gasteiger partial charge >= 0.3 is 0 Å². The van der Waals surface area contributed by atoms with Crippen molar-refractivity contribution in [1.29, 1.82) is 0 Å². The van der Waals surface area contributed by atoms with Crippen LogP contribution in [-0.2, 0) is 6.54 Å². The van der Waals surface area contributed by atoms with Gasteiger partial charge in [-0.15, -0.1) is 0 Å². The van der Waals surface area contributed by atoms with E-state index in [4.69, 9.17) is 21.1 Å². The maximum Gasteiger partial charge on any atom is 0.231 e. The Kier molecular flexibility index (Phi) is 3.76. The first kappa shape index (κ1) is 13.6. The fourth-order valence-electron chi connectivity index (χ4n) is 2.17. The van der Waals surface area contributed by atoms with Gasteiger partial charge in [-0.1, -0.05) is 27.5 Å². The number of rotatable bonds is 3. The quantitative estimate of drug-likeness (QED) is 0.862. The van der Waals surface area contributed by atoms with Crippen molar-refractivity contribution in [3.8, 4) is 11.5 Å². The summed E-state index contributed by atoms with van der Waals surface area (Å²) in [5, 5.41) is 3.96. The Morgan fingerprint density at radius 2 is 2.05 bits per heavy atom. The zero-order chi connectivity index (χ0) is 14.1. The van der Waals surface area contributed by atoms with Gasteiger partial charge in [-0.05, 0) is 48.4 Å². The SMILES string of the molecule is Cc1cc(Br)cc(NCc2cc(Cl)c3c(c2)OCO3)c1. The minimum absolute atomic E-state index is 0.233. The minimum atomic E-state index is 0.233. The number of anilines is 1. The summed E-state index contributed by atoms with van der Waals surface area (Å²) >= 11 is 9.66. The molecule has 1 aliphatic rings. The number of aryl methyl sites for hydroxylation is 1. The van der Waals surface area contributed by atoms with E-state index in [-0.39, 0.29) is 6.79 Å². The molecule has 0 spiro atoms. The monoisotopic (exact) mass is 353 g/mol. The Hall–Kier alpha value is -1.39. The number of hydrogen-bond donors (Lipinski definition) is 1. The van der Waals surface area contributed by atoms with Gasteiger partial charge in [-0.25, -0.2) is 0 Å². The maximum absolute atomic E-state index is 6.17. The normalized spacial score (nSPS) is 12.6. The number of ether oxygens (including phenoxy) is 2. The number of fused-ring (bicyclic) bond motifs is 1. The van der Waals surface area contributed by atoms with E-state index in [1.165, 1.54) is 5.56 Å². The molecule has 0 aliphatic carbocycles. The number of hydrogen-bond acceptors (Lipinski definition) is 3. The van der Waals surface area contributed by atoms with Crippen LogP contribution >= 0.6 is 27.5 Å². The van der Waals surface area contributed by atoms with Gasteiger partial charge in [0.2, 0.25) is 6.79 Å². The van der Waals surface area contributed by atoms with E-state index < -0.39 is 0 Å². The maximum atomic E-state index is 6.17. The third-order valence-corrected chi connectivity index (χ3v) is 3.76. The van der Waals surface area contributed by atoms with Crippen molar-refractivity contribution in [2.75, 3.05) is 12.1 Å². The minimum Gasteiger partial charge on any atom is -0.454 e. The highest BCUT2D eigenvalue weighted by Gasteiger charge is 2.18. The molecule has 0 saturated heterocycles. The van der Waals surface area contributed by atoms with Gasteiger partial charge in [0.25, 0.3) is 0 Å². The lowest BCUT2D eigenvalue weighted by molar-refractivity contribution is 0.174. The highest BCUT2D eigenvalue weighted by atomic mass is 79.9. The van der Waals surface area contributed by atoms with Crippen LogP contribution in [0, 0.1) is 6.92 Å². The Bertz CT molecular complexity index is 640. The van der Waals surface area contributed by atoms with Crippen LogP contribution in [0.15, 0.2) is 34.8 Å². The van der Waals surface area contributed by atoms with Crippen LogP contribution in [0.1, 0.15) is 11.1 Å². The third-order valence-electron chi connectivity index (χ3n) is 3.03. The average molecular weight is 355 g/mol. The molecule has 0 aromatic heterocycles. The topological polar surface area (TPSA) is 30.5 Å². The van der Waals surface area contributed by atoms with Gasteiger partial charge in [-0.2, -0.15) is 0 Å². The van der Waals surface area contributed by atoms with E-state index in [1.807, 2.05) is 18.2 Å². The fourth-order valence-corrected chi connectivity index (χ4v) is 3.06. The highest BCUT2D eigenvalue weighted by Crippen LogP contribution is 2.39. The lowest BCUT2D eigenvalue weighted by Crippen LogP contribution is -2.00. The molecule has 0 saturated carbocycles. The molecule has 1 heterocycles. The molecule has 2 aromatic rings. The Morgan fingerprint density at radius 1 is 1.20 bits per heavy atom. The van der Waals surface area contributed by atoms with E-state index in [2.05, 4.69) is 40.3 Å². The third kappa shape index (κ3) is 2.86. The second kappa shape index (κ2) is 5.54. The smallest absolute Gasteiger partial charge is 0.231 e. The van der Waals surface area contributed by atoms with Crippen LogP contribution in [0.2, 0.25) is 5.02 Å². The molecule has 0 fully saturated rings. The predicted molar refractivity (Wildman–Crippen MR) is 83.8 cm³/mol. The van der Waals surface area contributed by atoms with E-state index in [9.17, 15) is 0 Å². The molecule has 1 N–H and O–H groups in total. The Balaban J connectivity index is 1.77. The van der Waals surface area contributed by atoms with Crippen molar-refractivity contribution >= 4 is 33.2 Å². The molecular formula is C15H13BrClNO2. The molecule has 20 heavy (non-hydrogen) atoms. The summed E-state index contributed by atoms with van der Waals surface area (Å²) in [5.41, 5.74) is 3.31. The predicted octanol–water partition coefficient (Wildman–Crippen LogP) is 4.75. The Morgan fingerprint density at radius 3 is 2.85 bits per heavy atom. The molecule has 0 amide bonds. The first-order valence-corrected chi connectivity index (χ1v) is 7.38. The van der Waals surface area contributed by atoms with Crippen molar-refractivity contribution in [2.24, 2.45) is 0 Å². The summed E-state index contributed by atoms with van der Waals surface area (Å²) in [6, 6.07) is 10.1. The van der Waals surface area contributed by atoms with Crippen LogP contribution in [-0.4, -0.2) is 6.79 Å². The first-order chi connectivity index (χ1) is 9.61. The molecule has 3 nitrogen and oxygen atoms in total. The first-order valence-electron chi connectivity index (χ1n) is 6.21. The van der Waals surface area contributed by atoms with Gasteiger partial charge in [0.1, 0.15) is 0 Å². The van der Waals surface area contributed by atoms with Gasteiger partial charge < -0.3 is 14.8 Å². The van der Waals surface area contributed by atoms with Crippen LogP contribution in [0.25, 0.3) is 0 Å². The molecular weight excluding hydrogens is 342 g/mol. The van der Waals surface area contributed by atoms with Crippen molar-refractivity contribution < 1.29 is 9.47 Å². The van der Waals surface area contributed by atoms with Crippen molar-refractivity contribution in [1.82, 2.24) is 0 Å². The zero-order valence-corrected chi connectivity index (χ0v) is 13.2. The van der Waals surface area contributed by atoms with Gasteiger partial charge in [0, 0.05) is 16.7 Å². The zero-order valence-electron chi connectivity index (χ0n) is 10.9. The summed E-state index contributed by atoms with van der Waals surface area (Å²) in [5.74, 6) is 1.34. The van der Waals surface area contributed by atoms with Crippen LogP contribution < -0.4 is 14.8 Å². The Labute approximate surface area is 131 Å². The van der Waals surface area contributed by atoms with Gasteiger partial charge in [0.15, 0.2) is 11.5 Å². The summed E-state index contributed by atoms with van der Waals surface area (Å²) in [7, 11) is 0. The number of halogens is 2. The molecule has 5 heteroatoms. The molecule has 1 aliphatic heterocycles. The molecule has 104 valence electrons. The molecule has 0 atom stereocenters. The lowest BCUT2D eigenvalue weighted by atomic mass is 10.2. The molecule has 0 unspecified atom stereocenters. The molecule has 3 rings (SSSR count). The second-order valence-electron chi connectivity index (χ2n) is 4.68. The summed E-state index contributed by atoms with van der Waals surface area (Å²) in [4.78, 5) is 0. The molecule has 0 radical (unpaired) electrons. The van der Waals surface area contributed by atoms with Crippen LogP contribution in [0.5, 0.6) is 11.5 Å². The van der Waals surface area contributed by atoms with Crippen LogP contribution in [0.3, 0.4) is 0 Å². The van der Waals surface area contributed by atoms with E-state index in [1.54, 1.807) is 0 Å².